The maximum absolute atomic E-state index is 12.9. The van der Waals surface area contributed by atoms with E-state index >= 15 is 0 Å². The number of amides is 1. The molecule has 0 aliphatic carbocycles. The molecular formula is C31H31ClN4O4. The molecule has 2 fully saturated rings. The van der Waals surface area contributed by atoms with E-state index in [4.69, 9.17) is 20.5 Å². The van der Waals surface area contributed by atoms with Crippen molar-refractivity contribution in [2.45, 2.75) is 45.1 Å². The van der Waals surface area contributed by atoms with E-state index in [1.165, 1.54) is 6.42 Å². The molecule has 6 rings (SSSR count). The second kappa shape index (κ2) is 12.1. The number of furan rings is 1. The van der Waals surface area contributed by atoms with Gasteiger partial charge in [0.05, 0.1) is 25.3 Å². The first kappa shape index (κ1) is 27.6. The summed E-state index contributed by atoms with van der Waals surface area (Å²) in [5, 5.41) is 0. The largest absolute Gasteiger partial charge is 0.501 e. The van der Waals surface area contributed by atoms with Gasteiger partial charge in [-0.25, -0.2) is 4.85 Å². The molecule has 1 amide bonds. The van der Waals surface area contributed by atoms with Crippen molar-refractivity contribution in [2.24, 2.45) is 0 Å². The highest BCUT2D eigenvalue weighted by atomic mass is 35.5. The van der Waals surface area contributed by atoms with Crippen molar-refractivity contribution in [3.05, 3.63) is 71.3 Å². The van der Waals surface area contributed by atoms with Crippen molar-refractivity contribution < 1.29 is 18.7 Å². The lowest BCUT2D eigenvalue weighted by atomic mass is 10.0. The predicted molar refractivity (Wildman–Crippen MR) is 155 cm³/mol. The highest BCUT2D eigenvalue weighted by Crippen LogP contribution is 2.38. The van der Waals surface area contributed by atoms with Crippen molar-refractivity contribution in [3.63, 3.8) is 0 Å². The molecule has 0 N–H and O–H groups in total. The summed E-state index contributed by atoms with van der Waals surface area (Å²) in [5.74, 6) is 1.21. The Morgan fingerprint density at radius 3 is 2.62 bits per heavy atom. The van der Waals surface area contributed by atoms with E-state index in [0.717, 1.165) is 55.5 Å². The Balaban J connectivity index is 0.00000323. The monoisotopic (exact) mass is 558 g/mol. The van der Waals surface area contributed by atoms with E-state index in [0.29, 0.717) is 52.8 Å². The van der Waals surface area contributed by atoms with Crippen molar-refractivity contribution in [3.8, 4) is 28.3 Å². The van der Waals surface area contributed by atoms with Gasteiger partial charge in [-0.3, -0.25) is 14.8 Å². The zero-order chi connectivity index (χ0) is 26.8. The minimum absolute atomic E-state index is 0. The maximum Gasteiger partial charge on any atom is 0.255 e. The molecule has 206 valence electrons. The first-order chi connectivity index (χ1) is 19.1. The smallest absolute Gasteiger partial charge is 0.255 e. The SMILES string of the molecule is Cl.[C-]#[N+]c1cc(-c2ccnc3cc(-c4ncc(C(=O)N5CCCCC5)cc4C)oc23)ccc1OC1CCOCC1. The van der Waals surface area contributed by atoms with Gasteiger partial charge in [0.15, 0.2) is 11.3 Å². The number of ether oxygens (including phenoxy) is 2. The molecule has 2 saturated heterocycles. The number of likely N-dealkylation sites (tertiary alicyclic amines) is 1. The topological polar surface area (TPSA) is 82.1 Å². The number of piperidine rings is 1. The number of carbonyl (C=O) groups is 1. The summed E-state index contributed by atoms with van der Waals surface area (Å²) in [6, 6.07) is 11.3. The zero-order valence-electron chi connectivity index (χ0n) is 22.4. The Morgan fingerprint density at radius 2 is 1.88 bits per heavy atom. The fourth-order valence-corrected chi connectivity index (χ4v) is 5.36. The molecule has 40 heavy (non-hydrogen) atoms. The minimum Gasteiger partial charge on any atom is -0.501 e. The number of aryl methyl sites for hydroxylation is 1. The van der Waals surface area contributed by atoms with Crippen molar-refractivity contribution >= 4 is 35.1 Å². The van der Waals surface area contributed by atoms with E-state index in [2.05, 4.69) is 14.8 Å². The van der Waals surface area contributed by atoms with Gasteiger partial charge >= 0.3 is 0 Å². The number of rotatable bonds is 5. The summed E-state index contributed by atoms with van der Waals surface area (Å²) in [4.78, 5) is 27.7. The number of hydrogen-bond donors (Lipinski definition) is 0. The number of aromatic nitrogens is 2. The summed E-state index contributed by atoms with van der Waals surface area (Å²) in [5.41, 5.74) is 5.61. The third-order valence-electron chi connectivity index (χ3n) is 7.47. The molecule has 0 atom stereocenters. The lowest BCUT2D eigenvalue weighted by Gasteiger charge is -2.26. The maximum atomic E-state index is 12.9. The molecule has 0 saturated carbocycles. The molecule has 2 aliphatic rings. The predicted octanol–water partition coefficient (Wildman–Crippen LogP) is 7.02. The van der Waals surface area contributed by atoms with Crippen LogP contribution in [0.4, 0.5) is 5.69 Å². The molecule has 0 spiro atoms. The van der Waals surface area contributed by atoms with Crippen molar-refractivity contribution in [1.82, 2.24) is 14.9 Å². The standard InChI is InChI=1S/C31H30N4O4.ClH/c1-20-16-22(31(36)35-12-4-3-5-13-35)19-34-29(20)28-18-26-30(39-28)24(8-11-33-26)21-6-7-27(25(17-21)32-2)38-23-9-14-37-15-10-23;/h6-8,11,16-19,23H,3-5,9-10,12-15H2,1H3;1H. The van der Waals surface area contributed by atoms with Crippen LogP contribution >= 0.6 is 12.4 Å². The van der Waals surface area contributed by atoms with Gasteiger partial charge in [-0.2, -0.15) is 0 Å². The first-order valence-corrected chi connectivity index (χ1v) is 13.5. The van der Waals surface area contributed by atoms with Crippen LogP contribution in [0.25, 0.3) is 38.5 Å². The van der Waals surface area contributed by atoms with E-state index < -0.39 is 0 Å². The van der Waals surface area contributed by atoms with Crippen molar-refractivity contribution in [2.75, 3.05) is 26.3 Å². The van der Waals surface area contributed by atoms with Gasteiger partial charge in [0.1, 0.15) is 23.1 Å². The van der Waals surface area contributed by atoms with Gasteiger partial charge < -0.3 is 18.8 Å². The summed E-state index contributed by atoms with van der Waals surface area (Å²) in [6.45, 7) is 12.6. The van der Waals surface area contributed by atoms with Crippen molar-refractivity contribution in [1.29, 1.82) is 0 Å². The Labute approximate surface area is 239 Å². The number of benzene rings is 1. The zero-order valence-corrected chi connectivity index (χ0v) is 23.2. The highest BCUT2D eigenvalue weighted by molar-refractivity contribution is 5.95. The Bertz CT molecular complexity index is 1570. The average molecular weight is 559 g/mol. The number of halogens is 1. The highest BCUT2D eigenvalue weighted by Gasteiger charge is 2.22. The number of pyridine rings is 2. The van der Waals surface area contributed by atoms with Gasteiger partial charge in [-0.05, 0) is 61.6 Å². The molecule has 9 heteroatoms. The average Bonchev–Trinajstić information content (AvgIpc) is 3.42. The minimum atomic E-state index is 0. The van der Waals surface area contributed by atoms with Crippen LogP contribution in [0.1, 0.15) is 48.0 Å². The van der Waals surface area contributed by atoms with Crippen LogP contribution < -0.4 is 4.74 Å². The molecule has 0 unspecified atom stereocenters. The third kappa shape index (κ3) is 5.53. The second-order valence-corrected chi connectivity index (χ2v) is 10.1. The summed E-state index contributed by atoms with van der Waals surface area (Å²) >= 11 is 0. The van der Waals surface area contributed by atoms with Crippen LogP contribution in [0.2, 0.25) is 0 Å². The van der Waals surface area contributed by atoms with Gasteiger partial charge in [-0.1, -0.05) is 6.07 Å². The summed E-state index contributed by atoms with van der Waals surface area (Å²) < 4.78 is 17.9. The molecule has 2 aliphatic heterocycles. The number of hydrogen-bond acceptors (Lipinski definition) is 6. The molecule has 8 nitrogen and oxygen atoms in total. The fourth-order valence-electron chi connectivity index (χ4n) is 5.36. The number of nitrogens with zero attached hydrogens (tertiary/aromatic N) is 4. The van der Waals surface area contributed by atoms with Crippen LogP contribution in [0.5, 0.6) is 5.75 Å². The second-order valence-electron chi connectivity index (χ2n) is 10.1. The first-order valence-electron chi connectivity index (χ1n) is 13.5. The summed E-state index contributed by atoms with van der Waals surface area (Å²) in [7, 11) is 0. The van der Waals surface area contributed by atoms with Crippen LogP contribution in [0.15, 0.2) is 53.2 Å². The van der Waals surface area contributed by atoms with Crippen LogP contribution in [0, 0.1) is 13.5 Å². The third-order valence-corrected chi connectivity index (χ3v) is 7.47. The van der Waals surface area contributed by atoms with E-state index in [9.17, 15) is 4.79 Å². The molecule has 1 aromatic carbocycles. The van der Waals surface area contributed by atoms with Gasteiger partial charge in [0.2, 0.25) is 5.69 Å². The quantitative estimate of drug-likeness (QED) is 0.245. The normalized spacial score (nSPS) is 15.8. The Kier molecular flexibility index (Phi) is 8.34. The lowest BCUT2D eigenvalue weighted by molar-refractivity contribution is 0.0259. The molecule has 0 bridgehead atoms. The molecule has 4 aromatic rings. The van der Waals surface area contributed by atoms with Gasteiger partial charge in [0.25, 0.3) is 5.91 Å². The fraction of sp³-hybridized carbons (Fsp3) is 0.355. The Morgan fingerprint density at radius 1 is 1.07 bits per heavy atom. The molecule has 5 heterocycles. The van der Waals surface area contributed by atoms with Gasteiger partial charge in [-0.15, -0.1) is 12.4 Å². The number of fused-ring (bicyclic) bond motifs is 1. The Hall–Kier alpha value is -3.93. The molecular weight excluding hydrogens is 528 g/mol. The van der Waals surface area contributed by atoms with E-state index in [-0.39, 0.29) is 24.4 Å². The molecule has 0 radical (unpaired) electrons. The van der Waals surface area contributed by atoms with Crippen LogP contribution in [-0.2, 0) is 4.74 Å². The summed E-state index contributed by atoms with van der Waals surface area (Å²) in [6.07, 6.45) is 8.35. The molecule has 3 aromatic heterocycles. The van der Waals surface area contributed by atoms with Crippen LogP contribution in [0.3, 0.4) is 0 Å². The van der Waals surface area contributed by atoms with E-state index in [1.807, 2.05) is 48.2 Å². The van der Waals surface area contributed by atoms with Crippen LogP contribution in [-0.4, -0.2) is 53.2 Å². The van der Waals surface area contributed by atoms with E-state index in [1.54, 1.807) is 12.4 Å². The number of carbonyl (C=O) groups excluding carboxylic acids is 1. The lowest BCUT2D eigenvalue weighted by Crippen LogP contribution is -2.35. The van der Waals surface area contributed by atoms with Gasteiger partial charge in [0, 0.05) is 50.0 Å².